The van der Waals surface area contributed by atoms with Crippen LogP contribution in [0, 0.1) is 19.7 Å². The van der Waals surface area contributed by atoms with E-state index in [9.17, 15) is 4.39 Å². The normalized spacial score (nSPS) is 18.9. The SMILES string of the molecule is Cc1nn(CCO)c(C)c1CN1CCOC(c2ccc(F)cc2)C1. The van der Waals surface area contributed by atoms with Crippen LogP contribution in [0.25, 0.3) is 0 Å². The van der Waals surface area contributed by atoms with Crippen molar-refractivity contribution < 1.29 is 14.2 Å². The van der Waals surface area contributed by atoms with E-state index in [0.29, 0.717) is 13.2 Å². The number of hydrogen-bond acceptors (Lipinski definition) is 4. The fourth-order valence-corrected chi connectivity index (χ4v) is 3.22. The molecule has 0 bridgehead atoms. The zero-order valence-electron chi connectivity index (χ0n) is 14.2. The average Bonchev–Trinajstić information content (AvgIpc) is 2.84. The fraction of sp³-hybridized carbons (Fsp3) is 0.500. The molecule has 130 valence electrons. The van der Waals surface area contributed by atoms with E-state index in [1.165, 1.54) is 17.7 Å². The Morgan fingerprint density at radius 3 is 2.75 bits per heavy atom. The topological polar surface area (TPSA) is 50.5 Å². The van der Waals surface area contributed by atoms with Gasteiger partial charge < -0.3 is 9.84 Å². The standard InChI is InChI=1S/C18H24FN3O2/c1-13-17(14(2)22(20-13)7-9-23)11-21-8-10-24-18(12-21)15-3-5-16(19)6-4-15/h3-6,18,23H,7-12H2,1-2H3. The van der Waals surface area contributed by atoms with Crippen LogP contribution in [0.4, 0.5) is 4.39 Å². The number of halogens is 1. The lowest BCUT2D eigenvalue weighted by Gasteiger charge is -2.33. The molecule has 0 amide bonds. The number of aliphatic hydroxyl groups is 1. The van der Waals surface area contributed by atoms with E-state index in [-0.39, 0.29) is 18.5 Å². The van der Waals surface area contributed by atoms with Crippen molar-refractivity contribution in [2.75, 3.05) is 26.3 Å². The molecule has 1 aromatic heterocycles. The summed E-state index contributed by atoms with van der Waals surface area (Å²) in [7, 11) is 0. The summed E-state index contributed by atoms with van der Waals surface area (Å²) in [6.07, 6.45) is -0.0348. The highest BCUT2D eigenvalue weighted by molar-refractivity contribution is 5.25. The molecule has 5 nitrogen and oxygen atoms in total. The van der Waals surface area contributed by atoms with E-state index in [2.05, 4.69) is 10.00 Å². The van der Waals surface area contributed by atoms with Crippen molar-refractivity contribution in [3.63, 3.8) is 0 Å². The Morgan fingerprint density at radius 2 is 2.04 bits per heavy atom. The molecule has 1 aromatic carbocycles. The van der Waals surface area contributed by atoms with Crippen molar-refractivity contribution >= 4 is 0 Å². The molecule has 1 aliphatic rings. The highest BCUT2D eigenvalue weighted by Crippen LogP contribution is 2.25. The predicted octanol–water partition coefficient (Wildman–Crippen LogP) is 2.20. The van der Waals surface area contributed by atoms with Gasteiger partial charge in [0.1, 0.15) is 5.82 Å². The summed E-state index contributed by atoms with van der Waals surface area (Å²) in [6, 6.07) is 6.54. The minimum atomic E-state index is -0.228. The summed E-state index contributed by atoms with van der Waals surface area (Å²) >= 11 is 0. The molecule has 0 aliphatic carbocycles. The zero-order valence-corrected chi connectivity index (χ0v) is 14.2. The zero-order chi connectivity index (χ0) is 17.1. The number of nitrogens with zero attached hydrogens (tertiary/aromatic N) is 3. The lowest BCUT2D eigenvalue weighted by molar-refractivity contribution is -0.0330. The summed E-state index contributed by atoms with van der Waals surface area (Å²) in [5.41, 5.74) is 4.32. The first-order chi connectivity index (χ1) is 11.6. The molecule has 1 aliphatic heterocycles. The summed E-state index contributed by atoms with van der Waals surface area (Å²) < 4.78 is 20.8. The van der Waals surface area contributed by atoms with E-state index in [4.69, 9.17) is 9.84 Å². The molecule has 1 saturated heterocycles. The van der Waals surface area contributed by atoms with Gasteiger partial charge in [-0.2, -0.15) is 5.10 Å². The van der Waals surface area contributed by atoms with Gasteiger partial charge in [0.15, 0.2) is 0 Å². The smallest absolute Gasteiger partial charge is 0.123 e. The largest absolute Gasteiger partial charge is 0.394 e. The Hall–Kier alpha value is -1.76. The van der Waals surface area contributed by atoms with Gasteiger partial charge >= 0.3 is 0 Å². The molecule has 1 unspecified atom stereocenters. The molecule has 1 fully saturated rings. The molecule has 0 radical (unpaired) electrons. The minimum Gasteiger partial charge on any atom is -0.394 e. The minimum absolute atomic E-state index is 0.0348. The van der Waals surface area contributed by atoms with Crippen LogP contribution < -0.4 is 0 Å². The Kier molecular flexibility index (Phi) is 5.28. The van der Waals surface area contributed by atoms with E-state index >= 15 is 0 Å². The molecule has 1 atom stereocenters. The molecular formula is C18H24FN3O2. The number of morpholine rings is 1. The lowest BCUT2D eigenvalue weighted by atomic mass is 10.1. The molecule has 6 heteroatoms. The van der Waals surface area contributed by atoms with Crippen molar-refractivity contribution in [3.8, 4) is 0 Å². The summed E-state index contributed by atoms with van der Waals surface area (Å²) in [4.78, 5) is 2.35. The van der Waals surface area contributed by atoms with Gasteiger partial charge in [-0.3, -0.25) is 9.58 Å². The first-order valence-electron chi connectivity index (χ1n) is 8.31. The molecule has 2 aromatic rings. The Balaban J connectivity index is 1.70. The van der Waals surface area contributed by atoms with Crippen LogP contribution in [0.2, 0.25) is 0 Å². The van der Waals surface area contributed by atoms with Crippen molar-refractivity contribution in [1.82, 2.24) is 14.7 Å². The number of aromatic nitrogens is 2. The van der Waals surface area contributed by atoms with Crippen LogP contribution >= 0.6 is 0 Å². The van der Waals surface area contributed by atoms with Crippen molar-refractivity contribution in [2.45, 2.75) is 33.0 Å². The lowest BCUT2D eigenvalue weighted by Crippen LogP contribution is -2.38. The van der Waals surface area contributed by atoms with E-state index in [1.54, 1.807) is 12.1 Å². The predicted molar refractivity (Wildman–Crippen MR) is 89.2 cm³/mol. The monoisotopic (exact) mass is 333 g/mol. The van der Waals surface area contributed by atoms with Crippen LogP contribution in [0.1, 0.15) is 28.6 Å². The quantitative estimate of drug-likeness (QED) is 0.911. The second-order valence-electron chi connectivity index (χ2n) is 6.24. The van der Waals surface area contributed by atoms with Gasteiger partial charge in [-0.25, -0.2) is 4.39 Å². The Morgan fingerprint density at radius 1 is 1.29 bits per heavy atom. The van der Waals surface area contributed by atoms with Crippen LogP contribution in [0.5, 0.6) is 0 Å². The van der Waals surface area contributed by atoms with Crippen LogP contribution in [-0.4, -0.2) is 46.1 Å². The van der Waals surface area contributed by atoms with Gasteiger partial charge in [-0.05, 0) is 31.5 Å². The van der Waals surface area contributed by atoms with E-state index in [0.717, 1.165) is 36.6 Å². The third kappa shape index (κ3) is 3.66. The summed E-state index contributed by atoms with van der Waals surface area (Å²) in [6.45, 7) is 7.77. The van der Waals surface area contributed by atoms with Crippen molar-refractivity contribution in [1.29, 1.82) is 0 Å². The maximum atomic E-state index is 13.1. The van der Waals surface area contributed by atoms with E-state index in [1.807, 2.05) is 18.5 Å². The molecule has 3 rings (SSSR count). The third-order valence-corrected chi connectivity index (χ3v) is 4.62. The van der Waals surface area contributed by atoms with Gasteiger partial charge in [-0.1, -0.05) is 12.1 Å². The first kappa shape index (κ1) is 17.1. The van der Waals surface area contributed by atoms with Crippen molar-refractivity contribution in [2.24, 2.45) is 0 Å². The number of aryl methyl sites for hydroxylation is 1. The van der Waals surface area contributed by atoms with Crippen LogP contribution in [-0.2, 0) is 17.8 Å². The summed E-state index contributed by atoms with van der Waals surface area (Å²) in [5, 5.41) is 13.6. The fourth-order valence-electron chi connectivity index (χ4n) is 3.22. The highest BCUT2D eigenvalue weighted by atomic mass is 19.1. The van der Waals surface area contributed by atoms with Gasteiger partial charge in [0, 0.05) is 30.9 Å². The summed E-state index contributed by atoms with van der Waals surface area (Å²) in [5.74, 6) is -0.228. The van der Waals surface area contributed by atoms with Crippen molar-refractivity contribution in [3.05, 3.63) is 52.6 Å². The van der Waals surface area contributed by atoms with Crippen LogP contribution in [0.15, 0.2) is 24.3 Å². The van der Waals surface area contributed by atoms with Gasteiger partial charge in [0.05, 0.1) is 31.6 Å². The van der Waals surface area contributed by atoms with Gasteiger partial charge in [0.2, 0.25) is 0 Å². The van der Waals surface area contributed by atoms with E-state index < -0.39 is 0 Å². The number of aliphatic hydroxyl groups excluding tert-OH is 1. The average molecular weight is 333 g/mol. The number of hydrogen-bond donors (Lipinski definition) is 1. The van der Waals surface area contributed by atoms with Gasteiger partial charge in [-0.15, -0.1) is 0 Å². The molecule has 1 N–H and O–H groups in total. The molecule has 24 heavy (non-hydrogen) atoms. The molecule has 0 saturated carbocycles. The highest BCUT2D eigenvalue weighted by Gasteiger charge is 2.24. The second-order valence-corrected chi connectivity index (χ2v) is 6.24. The molecular weight excluding hydrogens is 309 g/mol. The number of rotatable bonds is 5. The van der Waals surface area contributed by atoms with Gasteiger partial charge in [0.25, 0.3) is 0 Å². The Bertz CT molecular complexity index is 684. The maximum absolute atomic E-state index is 13.1. The Labute approximate surface area is 141 Å². The maximum Gasteiger partial charge on any atom is 0.123 e. The number of ether oxygens (including phenoxy) is 1. The first-order valence-corrected chi connectivity index (χ1v) is 8.31. The molecule has 2 heterocycles. The third-order valence-electron chi connectivity index (χ3n) is 4.62. The molecule has 0 spiro atoms. The second kappa shape index (κ2) is 7.42. The van der Waals surface area contributed by atoms with Crippen LogP contribution in [0.3, 0.4) is 0 Å². The number of benzene rings is 1.